The minimum absolute atomic E-state index is 0.0631. The number of amides is 2. The average molecular weight is 330 g/mol. The highest BCUT2D eigenvalue weighted by atomic mass is 16.5. The van der Waals surface area contributed by atoms with E-state index in [0.717, 1.165) is 24.0 Å². The number of nitrogens with one attached hydrogen (secondary N) is 1. The molecule has 5 heteroatoms. The zero-order chi connectivity index (χ0) is 16.9. The summed E-state index contributed by atoms with van der Waals surface area (Å²) in [6.07, 6.45) is 5.68. The van der Waals surface area contributed by atoms with Gasteiger partial charge in [-0.25, -0.2) is 0 Å². The van der Waals surface area contributed by atoms with Crippen LogP contribution < -0.4 is 5.32 Å². The Kier molecular flexibility index (Phi) is 5.51. The lowest BCUT2D eigenvalue weighted by molar-refractivity contribution is -0.140. The molecular formula is C19H26N2O3. The summed E-state index contributed by atoms with van der Waals surface area (Å²) in [6.45, 7) is 3.07. The molecule has 1 saturated carbocycles. The number of nitrogens with zero attached hydrogens (tertiary/aromatic N) is 1. The second-order valence-corrected chi connectivity index (χ2v) is 6.70. The molecule has 1 aliphatic heterocycles. The first-order chi connectivity index (χ1) is 11.6. The van der Waals surface area contributed by atoms with E-state index in [-0.39, 0.29) is 11.8 Å². The number of rotatable bonds is 5. The van der Waals surface area contributed by atoms with Crippen LogP contribution >= 0.6 is 0 Å². The predicted octanol–water partition coefficient (Wildman–Crippen LogP) is 2.04. The molecule has 0 bridgehead atoms. The molecule has 24 heavy (non-hydrogen) atoms. The number of benzene rings is 1. The summed E-state index contributed by atoms with van der Waals surface area (Å²) < 4.78 is 5.78. The second kappa shape index (κ2) is 7.79. The van der Waals surface area contributed by atoms with Crippen molar-refractivity contribution in [2.45, 2.75) is 57.7 Å². The highest BCUT2D eigenvalue weighted by Gasteiger charge is 2.32. The van der Waals surface area contributed by atoms with E-state index in [1.54, 1.807) is 4.90 Å². The molecule has 0 radical (unpaired) electrons. The van der Waals surface area contributed by atoms with Crippen LogP contribution in [0.1, 0.15) is 43.7 Å². The zero-order valence-corrected chi connectivity index (χ0v) is 14.3. The van der Waals surface area contributed by atoms with Crippen molar-refractivity contribution in [3.8, 4) is 0 Å². The van der Waals surface area contributed by atoms with E-state index >= 15 is 0 Å². The van der Waals surface area contributed by atoms with Gasteiger partial charge < -0.3 is 15.0 Å². The van der Waals surface area contributed by atoms with Gasteiger partial charge in [-0.15, -0.1) is 0 Å². The molecule has 0 aromatic heterocycles. The first-order valence-corrected chi connectivity index (χ1v) is 8.88. The Hall–Kier alpha value is -1.88. The lowest BCUT2D eigenvalue weighted by atomic mass is 9.93. The number of hydrogen-bond donors (Lipinski definition) is 1. The summed E-state index contributed by atoms with van der Waals surface area (Å²) in [5.74, 6) is -0.151. The minimum atomic E-state index is -0.427. The molecule has 2 aliphatic rings. The quantitative estimate of drug-likeness (QED) is 0.841. The molecule has 1 heterocycles. The van der Waals surface area contributed by atoms with Gasteiger partial charge in [0.2, 0.25) is 11.8 Å². The fourth-order valence-corrected chi connectivity index (χ4v) is 3.66. The van der Waals surface area contributed by atoms with Crippen molar-refractivity contribution in [3.05, 3.63) is 35.4 Å². The number of ether oxygens (including phenoxy) is 1. The molecule has 0 spiro atoms. The molecule has 3 rings (SSSR count). The van der Waals surface area contributed by atoms with Gasteiger partial charge in [0.1, 0.15) is 6.04 Å². The fourth-order valence-electron chi connectivity index (χ4n) is 3.66. The monoisotopic (exact) mass is 330 g/mol. The van der Waals surface area contributed by atoms with E-state index in [1.165, 1.54) is 19.8 Å². The van der Waals surface area contributed by atoms with Crippen LogP contribution in [-0.2, 0) is 27.3 Å². The van der Waals surface area contributed by atoms with Crippen LogP contribution in [0.25, 0.3) is 0 Å². The smallest absolute Gasteiger partial charge is 0.243 e. The maximum atomic E-state index is 12.6. The molecule has 1 aromatic carbocycles. The lowest BCUT2D eigenvalue weighted by Gasteiger charge is -2.35. The first-order valence-electron chi connectivity index (χ1n) is 8.88. The summed E-state index contributed by atoms with van der Waals surface area (Å²) in [4.78, 5) is 26.2. The van der Waals surface area contributed by atoms with Crippen molar-refractivity contribution < 1.29 is 14.3 Å². The van der Waals surface area contributed by atoms with Gasteiger partial charge in [-0.3, -0.25) is 9.59 Å². The summed E-state index contributed by atoms with van der Waals surface area (Å²) in [5.41, 5.74) is 2.28. The van der Waals surface area contributed by atoms with E-state index in [1.807, 2.05) is 24.3 Å². The summed E-state index contributed by atoms with van der Waals surface area (Å²) in [6, 6.07) is 7.58. The number of carbonyl (C=O) groups is 2. The van der Waals surface area contributed by atoms with E-state index in [2.05, 4.69) is 5.32 Å². The van der Waals surface area contributed by atoms with Crippen molar-refractivity contribution in [1.29, 1.82) is 0 Å². The number of hydrogen-bond acceptors (Lipinski definition) is 3. The highest BCUT2D eigenvalue weighted by molar-refractivity contribution is 5.87. The maximum absolute atomic E-state index is 12.6. The Balaban J connectivity index is 1.55. The van der Waals surface area contributed by atoms with Crippen molar-refractivity contribution in [1.82, 2.24) is 10.2 Å². The van der Waals surface area contributed by atoms with Crippen LogP contribution in [0.5, 0.6) is 0 Å². The van der Waals surface area contributed by atoms with Gasteiger partial charge in [-0.05, 0) is 24.0 Å². The van der Waals surface area contributed by atoms with Crippen LogP contribution in [0.3, 0.4) is 0 Å². The van der Waals surface area contributed by atoms with Crippen molar-refractivity contribution in [2.75, 3.05) is 13.2 Å². The van der Waals surface area contributed by atoms with E-state index in [4.69, 9.17) is 4.74 Å². The van der Waals surface area contributed by atoms with E-state index in [0.29, 0.717) is 32.2 Å². The molecule has 1 atom stereocenters. The molecular weight excluding hydrogens is 304 g/mol. The maximum Gasteiger partial charge on any atom is 0.243 e. The average Bonchev–Trinajstić information content (AvgIpc) is 3.10. The topological polar surface area (TPSA) is 58.6 Å². The molecule has 130 valence electrons. The molecule has 1 aromatic rings. The van der Waals surface area contributed by atoms with Crippen molar-refractivity contribution >= 4 is 11.8 Å². The Morgan fingerprint density at radius 1 is 1.21 bits per heavy atom. The van der Waals surface area contributed by atoms with Gasteiger partial charge in [0.05, 0.1) is 12.7 Å². The lowest BCUT2D eigenvalue weighted by Crippen LogP contribution is -2.52. The van der Waals surface area contributed by atoms with Gasteiger partial charge in [-0.1, -0.05) is 37.1 Å². The number of fused-ring (bicyclic) bond motifs is 1. The second-order valence-electron chi connectivity index (χ2n) is 6.70. The third kappa shape index (κ3) is 3.96. The first kappa shape index (κ1) is 17.0. The van der Waals surface area contributed by atoms with Gasteiger partial charge in [0, 0.05) is 26.4 Å². The molecule has 0 unspecified atom stereocenters. The third-order valence-corrected chi connectivity index (χ3v) is 5.01. The van der Waals surface area contributed by atoms with Crippen LogP contribution in [-0.4, -0.2) is 42.0 Å². The molecule has 1 N–H and O–H groups in total. The summed E-state index contributed by atoms with van der Waals surface area (Å²) in [5, 5.41) is 2.93. The Bertz CT molecular complexity index is 596. The van der Waals surface area contributed by atoms with Crippen molar-refractivity contribution in [2.24, 2.45) is 0 Å². The molecule has 1 aliphatic carbocycles. The van der Waals surface area contributed by atoms with E-state index in [9.17, 15) is 9.59 Å². The normalized spacial score (nSPS) is 20.7. The fraction of sp³-hybridized carbons (Fsp3) is 0.579. The van der Waals surface area contributed by atoms with Gasteiger partial charge in [0.25, 0.3) is 0 Å². The van der Waals surface area contributed by atoms with Crippen LogP contribution in [0.4, 0.5) is 0 Å². The molecule has 5 nitrogen and oxygen atoms in total. The summed E-state index contributed by atoms with van der Waals surface area (Å²) >= 11 is 0. The van der Waals surface area contributed by atoms with Gasteiger partial charge in [0.15, 0.2) is 0 Å². The summed E-state index contributed by atoms with van der Waals surface area (Å²) in [7, 11) is 0. The SMILES string of the molecule is CC(=O)N1Cc2ccccc2C[C@H]1C(=O)NCCOC1CCCC1. The van der Waals surface area contributed by atoms with Crippen LogP contribution in [0, 0.1) is 0 Å². The van der Waals surface area contributed by atoms with Crippen LogP contribution in [0.15, 0.2) is 24.3 Å². The molecule has 1 fully saturated rings. The molecule has 0 saturated heterocycles. The van der Waals surface area contributed by atoms with E-state index < -0.39 is 6.04 Å². The molecule has 2 amide bonds. The Labute approximate surface area is 143 Å². The number of carbonyl (C=O) groups excluding carboxylic acids is 2. The van der Waals surface area contributed by atoms with Gasteiger partial charge >= 0.3 is 0 Å². The standard InChI is InChI=1S/C19H26N2O3/c1-14(22)21-13-16-7-3-2-6-15(16)12-18(21)19(23)20-10-11-24-17-8-4-5-9-17/h2-3,6-7,17-18H,4-5,8-13H2,1H3,(H,20,23)/t18-/m0/s1. The minimum Gasteiger partial charge on any atom is -0.376 e. The van der Waals surface area contributed by atoms with Crippen LogP contribution in [0.2, 0.25) is 0 Å². The Morgan fingerprint density at radius 3 is 2.62 bits per heavy atom. The zero-order valence-electron chi connectivity index (χ0n) is 14.3. The van der Waals surface area contributed by atoms with Gasteiger partial charge in [-0.2, -0.15) is 0 Å². The largest absolute Gasteiger partial charge is 0.376 e. The third-order valence-electron chi connectivity index (χ3n) is 5.01. The van der Waals surface area contributed by atoms with Crippen molar-refractivity contribution in [3.63, 3.8) is 0 Å². The predicted molar refractivity (Wildman–Crippen MR) is 91.4 cm³/mol. The highest BCUT2D eigenvalue weighted by Crippen LogP contribution is 2.23. The Morgan fingerprint density at radius 2 is 1.92 bits per heavy atom.